The Morgan fingerprint density at radius 3 is 2.87 bits per heavy atom. The zero-order chi connectivity index (χ0) is 11.1. The first-order chi connectivity index (χ1) is 7.27. The average molecular weight is 214 g/mol. The highest BCUT2D eigenvalue weighted by Crippen LogP contribution is 2.11. The molecule has 1 rings (SSSR count). The zero-order valence-corrected chi connectivity index (χ0v) is 10.2. The molecule has 1 aliphatic rings. The fraction of sp³-hybridized carbons (Fsp3) is 1.00. The summed E-state index contributed by atoms with van der Waals surface area (Å²) in [5.41, 5.74) is 0. The van der Waals surface area contributed by atoms with Gasteiger partial charge in [0.25, 0.3) is 0 Å². The van der Waals surface area contributed by atoms with E-state index in [4.69, 9.17) is 5.11 Å². The van der Waals surface area contributed by atoms with Crippen LogP contribution in [-0.2, 0) is 0 Å². The lowest BCUT2D eigenvalue weighted by Gasteiger charge is -2.30. The van der Waals surface area contributed by atoms with E-state index >= 15 is 0 Å². The normalized spacial score (nSPS) is 23.6. The van der Waals surface area contributed by atoms with E-state index in [0.29, 0.717) is 12.1 Å². The van der Waals surface area contributed by atoms with Crippen LogP contribution in [-0.4, -0.2) is 48.3 Å². The van der Waals surface area contributed by atoms with E-state index in [0.717, 1.165) is 13.1 Å². The monoisotopic (exact) mass is 214 g/mol. The van der Waals surface area contributed by atoms with Gasteiger partial charge in [-0.1, -0.05) is 13.3 Å². The molecule has 0 bridgehead atoms. The van der Waals surface area contributed by atoms with Crippen molar-refractivity contribution < 1.29 is 5.11 Å². The number of hydrogen-bond acceptors (Lipinski definition) is 3. The predicted octanol–water partition coefficient (Wildman–Crippen LogP) is 1.22. The highest BCUT2D eigenvalue weighted by molar-refractivity contribution is 4.80. The Balaban J connectivity index is 2.33. The maximum absolute atomic E-state index is 9.07. The van der Waals surface area contributed by atoms with Gasteiger partial charge >= 0.3 is 0 Å². The number of hydrogen-bond donors (Lipinski definition) is 2. The Morgan fingerprint density at radius 2 is 2.33 bits per heavy atom. The molecule has 1 fully saturated rings. The van der Waals surface area contributed by atoms with Gasteiger partial charge in [-0.15, -0.1) is 0 Å². The number of aliphatic hydroxyl groups excluding tert-OH is 1. The van der Waals surface area contributed by atoms with Crippen molar-refractivity contribution in [2.24, 2.45) is 0 Å². The van der Waals surface area contributed by atoms with Crippen LogP contribution in [0.5, 0.6) is 0 Å². The minimum Gasteiger partial charge on any atom is -0.395 e. The summed E-state index contributed by atoms with van der Waals surface area (Å²) in [6.07, 6.45) is 5.05. The molecule has 0 amide bonds. The first-order valence-electron chi connectivity index (χ1n) is 6.36. The Bertz CT molecular complexity index is 158. The molecular formula is C12H26N2O. The topological polar surface area (TPSA) is 35.5 Å². The Morgan fingerprint density at radius 1 is 1.53 bits per heavy atom. The van der Waals surface area contributed by atoms with E-state index in [-0.39, 0.29) is 6.61 Å². The van der Waals surface area contributed by atoms with Crippen LogP contribution in [0.2, 0.25) is 0 Å². The molecule has 1 heterocycles. The van der Waals surface area contributed by atoms with Crippen LogP contribution in [0.25, 0.3) is 0 Å². The maximum atomic E-state index is 9.07. The van der Waals surface area contributed by atoms with Gasteiger partial charge in [0.2, 0.25) is 0 Å². The van der Waals surface area contributed by atoms with E-state index in [1.54, 1.807) is 0 Å². The van der Waals surface area contributed by atoms with Crippen molar-refractivity contribution in [2.45, 2.75) is 51.6 Å². The van der Waals surface area contributed by atoms with Crippen LogP contribution >= 0.6 is 0 Å². The summed E-state index contributed by atoms with van der Waals surface area (Å²) in [6.45, 7) is 7.86. The lowest BCUT2D eigenvalue weighted by atomic mass is 10.1. The zero-order valence-electron chi connectivity index (χ0n) is 10.2. The predicted molar refractivity (Wildman–Crippen MR) is 64.1 cm³/mol. The molecule has 0 saturated carbocycles. The minimum atomic E-state index is 0.279. The van der Waals surface area contributed by atoms with Crippen molar-refractivity contribution in [3.05, 3.63) is 0 Å². The molecule has 0 aromatic rings. The molecule has 0 aromatic heterocycles. The van der Waals surface area contributed by atoms with Gasteiger partial charge in [0.15, 0.2) is 0 Å². The van der Waals surface area contributed by atoms with E-state index in [1.165, 1.54) is 32.2 Å². The fourth-order valence-electron chi connectivity index (χ4n) is 2.42. The summed E-state index contributed by atoms with van der Waals surface area (Å²) in [5, 5.41) is 12.6. The third-order valence-electron chi connectivity index (χ3n) is 3.33. The third-order valence-corrected chi connectivity index (χ3v) is 3.33. The summed E-state index contributed by atoms with van der Waals surface area (Å²) in [5.74, 6) is 0. The van der Waals surface area contributed by atoms with Crippen molar-refractivity contribution in [3.63, 3.8) is 0 Å². The summed E-state index contributed by atoms with van der Waals surface area (Å²) >= 11 is 0. The lowest BCUT2D eigenvalue weighted by Crippen LogP contribution is -2.43. The molecule has 0 spiro atoms. The van der Waals surface area contributed by atoms with E-state index in [1.807, 2.05) is 0 Å². The van der Waals surface area contributed by atoms with Gasteiger partial charge in [-0.2, -0.15) is 0 Å². The number of rotatable bonds is 7. The Hall–Kier alpha value is -0.120. The number of aliphatic hydroxyl groups is 1. The first kappa shape index (κ1) is 12.9. The second kappa shape index (κ2) is 7.20. The van der Waals surface area contributed by atoms with Crippen LogP contribution in [0.15, 0.2) is 0 Å². The summed E-state index contributed by atoms with van der Waals surface area (Å²) in [4.78, 5) is 2.42. The maximum Gasteiger partial charge on any atom is 0.0558 e. The smallest absolute Gasteiger partial charge is 0.0558 e. The van der Waals surface area contributed by atoms with Crippen LogP contribution in [0.4, 0.5) is 0 Å². The molecule has 2 unspecified atom stereocenters. The van der Waals surface area contributed by atoms with Gasteiger partial charge < -0.3 is 10.4 Å². The van der Waals surface area contributed by atoms with Crippen molar-refractivity contribution >= 4 is 0 Å². The standard InChI is InChI=1S/C12H26N2O/c1-3-5-11(2)14(8-9-15)10-12-6-4-7-13-12/h11-13,15H,3-10H2,1-2H3. The molecule has 90 valence electrons. The summed E-state index contributed by atoms with van der Waals surface area (Å²) < 4.78 is 0. The van der Waals surface area contributed by atoms with Crippen molar-refractivity contribution in [2.75, 3.05) is 26.2 Å². The molecule has 0 radical (unpaired) electrons. The minimum absolute atomic E-state index is 0.279. The second-order valence-electron chi connectivity index (χ2n) is 4.65. The lowest BCUT2D eigenvalue weighted by molar-refractivity contribution is 0.141. The second-order valence-corrected chi connectivity index (χ2v) is 4.65. The van der Waals surface area contributed by atoms with Gasteiger partial charge in [-0.25, -0.2) is 0 Å². The largest absolute Gasteiger partial charge is 0.395 e. The third kappa shape index (κ3) is 4.49. The number of nitrogens with one attached hydrogen (secondary N) is 1. The molecule has 2 atom stereocenters. The fourth-order valence-corrected chi connectivity index (χ4v) is 2.42. The van der Waals surface area contributed by atoms with Gasteiger partial charge in [-0.3, -0.25) is 4.90 Å². The molecular weight excluding hydrogens is 188 g/mol. The average Bonchev–Trinajstić information content (AvgIpc) is 2.70. The van der Waals surface area contributed by atoms with Gasteiger partial charge in [0.1, 0.15) is 0 Å². The molecule has 1 saturated heterocycles. The van der Waals surface area contributed by atoms with Crippen LogP contribution in [0.1, 0.15) is 39.5 Å². The van der Waals surface area contributed by atoms with E-state index < -0.39 is 0 Å². The van der Waals surface area contributed by atoms with E-state index in [9.17, 15) is 0 Å². The van der Waals surface area contributed by atoms with Gasteiger partial charge in [0, 0.05) is 25.2 Å². The molecule has 3 nitrogen and oxygen atoms in total. The molecule has 3 heteroatoms. The molecule has 2 N–H and O–H groups in total. The van der Waals surface area contributed by atoms with Crippen molar-refractivity contribution in [1.82, 2.24) is 10.2 Å². The van der Waals surface area contributed by atoms with Crippen molar-refractivity contribution in [1.29, 1.82) is 0 Å². The Labute approximate surface area is 93.9 Å². The highest BCUT2D eigenvalue weighted by Gasteiger charge is 2.20. The molecule has 0 aromatic carbocycles. The highest BCUT2D eigenvalue weighted by atomic mass is 16.3. The van der Waals surface area contributed by atoms with Gasteiger partial charge in [0.05, 0.1) is 6.61 Å². The SMILES string of the molecule is CCCC(C)N(CCO)CC1CCCN1. The van der Waals surface area contributed by atoms with Crippen LogP contribution < -0.4 is 5.32 Å². The number of nitrogens with zero attached hydrogens (tertiary/aromatic N) is 1. The molecule has 15 heavy (non-hydrogen) atoms. The molecule has 0 aliphatic carbocycles. The van der Waals surface area contributed by atoms with Crippen LogP contribution in [0.3, 0.4) is 0 Å². The first-order valence-corrected chi connectivity index (χ1v) is 6.36. The molecule has 1 aliphatic heterocycles. The quantitative estimate of drug-likeness (QED) is 0.669. The van der Waals surface area contributed by atoms with E-state index in [2.05, 4.69) is 24.1 Å². The Kier molecular flexibility index (Phi) is 6.22. The summed E-state index contributed by atoms with van der Waals surface area (Å²) in [6, 6.07) is 1.25. The van der Waals surface area contributed by atoms with Crippen LogP contribution in [0, 0.1) is 0 Å². The van der Waals surface area contributed by atoms with Gasteiger partial charge in [-0.05, 0) is 32.7 Å². The summed E-state index contributed by atoms with van der Waals surface area (Å²) in [7, 11) is 0. The van der Waals surface area contributed by atoms with Crippen molar-refractivity contribution in [3.8, 4) is 0 Å².